The number of halogens is 3. The Morgan fingerprint density at radius 3 is 2.60 bits per heavy atom. The van der Waals surface area contributed by atoms with E-state index in [4.69, 9.17) is 9.40 Å². The number of thiophene rings is 1. The highest BCUT2D eigenvalue weighted by Crippen LogP contribution is 2.50. The largest absolute Gasteiger partial charge is 0.434 e. The number of carbonyl (C=O) groups excluding carboxylic acids is 1. The lowest BCUT2D eigenvalue weighted by Gasteiger charge is -2.16. The first-order valence-electron chi connectivity index (χ1n) is 15.5. The van der Waals surface area contributed by atoms with Crippen molar-refractivity contribution < 1.29 is 22.4 Å². The van der Waals surface area contributed by atoms with Gasteiger partial charge < -0.3 is 14.6 Å². The predicted octanol–water partition coefficient (Wildman–Crippen LogP) is 7.37. The molecule has 8 rings (SSSR count). The first-order valence-corrected chi connectivity index (χ1v) is 16.3. The molecule has 9 nitrogen and oxygen atoms in total. The van der Waals surface area contributed by atoms with Gasteiger partial charge in [0.05, 0.1) is 39.3 Å². The van der Waals surface area contributed by atoms with E-state index in [1.54, 1.807) is 25.3 Å². The van der Waals surface area contributed by atoms with E-state index in [2.05, 4.69) is 20.5 Å². The molecule has 0 unspecified atom stereocenters. The van der Waals surface area contributed by atoms with Gasteiger partial charge in [0.1, 0.15) is 23.3 Å². The van der Waals surface area contributed by atoms with E-state index in [9.17, 15) is 22.8 Å². The lowest BCUT2D eigenvalue weighted by molar-refractivity contribution is 0.0776. The molecule has 48 heavy (non-hydrogen) atoms. The second kappa shape index (κ2) is 11.7. The van der Waals surface area contributed by atoms with Gasteiger partial charge in [-0.3, -0.25) is 9.78 Å². The Morgan fingerprint density at radius 1 is 1.02 bits per heavy atom. The number of anilines is 1. The van der Waals surface area contributed by atoms with E-state index >= 15 is 0 Å². The molecule has 1 fully saturated rings. The SMILES string of the molecule is C[C@@H](Nc1nccc2cc(-c3c4c(nc(CCc5ccc(F)cc5)c3-c3n[nH]c(=O)o3)[C@@H]3CCCN3C4=O)sc12)c1ccc(F)cc1F. The molecule has 0 saturated carbocycles. The van der Waals surface area contributed by atoms with Crippen LogP contribution in [-0.2, 0) is 12.8 Å². The van der Waals surface area contributed by atoms with Gasteiger partial charge in [-0.05, 0) is 73.9 Å². The number of amides is 1. The maximum Gasteiger partial charge on any atom is 0.434 e. The molecule has 1 amide bonds. The Balaban J connectivity index is 1.30. The number of rotatable bonds is 8. The molecule has 2 aliphatic rings. The number of pyridine rings is 2. The Morgan fingerprint density at radius 2 is 1.83 bits per heavy atom. The number of H-pyrrole nitrogens is 1. The zero-order valence-corrected chi connectivity index (χ0v) is 26.3. The number of nitrogens with one attached hydrogen (secondary N) is 2. The zero-order valence-electron chi connectivity index (χ0n) is 25.5. The van der Waals surface area contributed by atoms with Crippen LogP contribution in [0.3, 0.4) is 0 Å². The lowest BCUT2D eigenvalue weighted by Crippen LogP contribution is -2.22. The topological polar surface area (TPSA) is 117 Å². The van der Waals surface area contributed by atoms with Crippen LogP contribution in [0.4, 0.5) is 19.0 Å². The van der Waals surface area contributed by atoms with Crippen LogP contribution in [0.1, 0.15) is 64.7 Å². The summed E-state index contributed by atoms with van der Waals surface area (Å²) >= 11 is 1.38. The standard InChI is InChI=1S/C35H27F3N6O3S/c1-17(22-10-9-21(37)16-23(22)38)40-32-31-19(12-13-39-32)15-26(48-31)28-27(33-42-43-35(46)47-33)24(11-6-18-4-7-20(36)8-5-18)41-30-25-3-2-14-44(25)34(45)29(28)30/h4-5,7-10,12-13,15-17,25H,2-3,6,11,14H2,1H3,(H,39,40)(H,43,46)/t17-,25+/m1/s1. The molecule has 13 heteroatoms. The molecule has 2 N–H and O–H groups in total. The van der Waals surface area contributed by atoms with Gasteiger partial charge in [-0.2, -0.15) is 0 Å². The smallest absolute Gasteiger partial charge is 0.388 e. The first kappa shape index (κ1) is 30.1. The van der Waals surface area contributed by atoms with Gasteiger partial charge in [0, 0.05) is 34.8 Å². The maximum atomic E-state index is 14.6. The molecule has 2 aromatic carbocycles. The molecule has 0 radical (unpaired) electrons. The molecule has 2 atom stereocenters. The Hall–Kier alpha value is -5.30. The van der Waals surface area contributed by atoms with Crippen molar-refractivity contribution >= 4 is 33.1 Å². The Bertz CT molecular complexity index is 2280. The number of aromatic nitrogens is 4. The van der Waals surface area contributed by atoms with Crippen molar-refractivity contribution in [2.75, 3.05) is 11.9 Å². The van der Waals surface area contributed by atoms with Crippen LogP contribution in [-0.4, -0.2) is 37.5 Å². The van der Waals surface area contributed by atoms with E-state index in [1.165, 1.54) is 35.6 Å². The van der Waals surface area contributed by atoms with Crippen LogP contribution in [0, 0.1) is 17.5 Å². The fourth-order valence-corrected chi connectivity index (χ4v) is 7.95. The van der Waals surface area contributed by atoms with Crippen molar-refractivity contribution in [2.45, 2.75) is 44.7 Å². The fraction of sp³-hybridized carbons (Fsp3) is 0.229. The van der Waals surface area contributed by atoms with Gasteiger partial charge in [-0.25, -0.2) is 28.0 Å². The van der Waals surface area contributed by atoms with Crippen molar-refractivity contribution in [1.82, 2.24) is 25.1 Å². The number of benzene rings is 2. The van der Waals surface area contributed by atoms with E-state index in [-0.39, 0.29) is 29.2 Å². The minimum atomic E-state index is -0.748. The number of hydrogen-bond donors (Lipinski definition) is 2. The van der Waals surface area contributed by atoms with Crippen molar-refractivity contribution in [1.29, 1.82) is 0 Å². The van der Waals surface area contributed by atoms with E-state index in [0.717, 1.165) is 34.6 Å². The summed E-state index contributed by atoms with van der Waals surface area (Å²) in [6.45, 7) is 2.37. The number of nitrogens with zero attached hydrogens (tertiary/aromatic N) is 4. The first-order chi connectivity index (χ1) is 23.2. The summed E-state index contributed by atoms with van der Waals surface area (Å²) in [5, 5.41) is 10.6. The molecule has 242 valence electrons. The van der Waals surface area contributed by atoms with Crippen molar-refractivity contribution in [3.8, 4) is 21.9 Å². The van der Waals surface area contributed by atoms with Gasteiger partial charge in [0.15, 0.2) is 0 Å². The number of hydrogen-bond acceptors (Lipinski definition) is 8. The van der Waals surface area contributed by atoms with Crippen molar-refractivity contribution in [3.63, 3.8) is 0 Å². The summed E-state index contributed by atoms with van der Waals surface area (Å²) in [6, 6.07) is 12.8. The number of fused-ring (bicyclic) bond motifs is 4. The highest BCUT2D eigenvalue weighted by atomic mass is 32.1. The van der Waals surface area contributed by atoms with Gasteiger partial charge in [-0.15, -0.1) is 16.4 Å². The number of aromatic amines is 1. The minimum absolute atomic E-state index is 0.00797. The molecule has 0 bridgehead atoms. The highest BCUT2D eigenvalue weighted by Gasteiger charge is 2.45. The second-order valence-corrected chi connectivity index (χ2v) is 13.0. The van der Waals surface area contributed by atoms with Gasteiger partial charge in [0.2, 0.25) is 0 Å². The van der Waals surface area contributed by atoms with Gasteiger partial charge in [-0.1, -0.05) is 18.2 Å². The van der Waals surface area contributed by atoms with Crippen LogP contribution in [0.5, 0.6) is 0 Å². The highest BCUT2D eigenvalue weighted by molar-refractivity contribution is 7.23. The summed E-state index contributed by atoms with van der Waals surface area (Å²) in [5.41, 5.74) is 3.89. The fourth-order valence-electron chi connectivity index (χ4n) is 6.78. The Kier molecular flexibility index (Phi) is 7.35. The van der Waals surface area contributed by atoms with Gasteiger partial charge >= 0.3 is 5.76 Å². The van der Waals surface area contributed by atoms with Crippen molar-refractivity contribution in [3.05, 3.63) is 117 Å². The average Bonchev–Trinajstić information content (AvgIpc) is 3.86. The average molecular weight is 669 g/mol. The molecule has 6 aromatic rings. The third-order valence-corrected chi connectivity index (χ3v) is 10.2. The van der Waals surface area contributed by atoms with Crippen LogP contribution in [0.15, 0.2) is 70.0 Å². The monoisotopic (exact) mass is 668 g/mol. The van der Waals surface area contributed by atoms with Crippen LogP contribution in [0.2, 0.25) is 0 Å². The van der Waals surface area contributed by atoms with Crippen LogP contribution >= 0.6 is 11.3 Å². The third kappa shape index (κ3) is 5.14. The summed E-state index contributed by atoms with van der Waals surface area (Å²) in [7, 11) is 0. The second-order valence-electron chi connectivity index (χ2n) is 12.0. The van der Waals surface area contributed by atoms with E-state index < -0.39 is 23.4 Å². The molecule has 0 aliphatic carbocycles. The third-order valence-electron chi connectivity index (χ3n) is 9.02. The number of carbonyl (C=O) groups is 1. The molecular formula is C35H27F3N6O3S. The molecule has 6 heterocycles. The lowest BCUT2D eigenvalue weighted by atomic mass is 9.93. The van der Waals surface area contributed by atoms with Crippen LogP contribution < -0.4 is 11.1 Å². The Labute approximate surface area is 275 Å². The van der Waals surface area contributed by atoms with E-state index in [1.807, 2.05) is 17.0 Å². The summed E-state index contributed by atoms with van der Waals surface area (Å²) < 4.78 is 48.2. The van der Waals surface area contributed by atoms with Crippen molar-refractivity contribution in [2.24, 2.45) is 0 Å². The summed E-state index contributed by atoms with van der Waals surface area (Å²) in [4.78, 5) is 38.5. The molecule has 2 aliphatic heterocycles. The van der Waals surface area contributed by atoms with E-state index in [0.29, 0.717) is 58.2 Å². The zero-order chi connectivity index (χ0) is 33.1. The summed E-state index contributed by atoms with van der Waals surface area (Å²) in [5.74, 6) is -2.06. The quantitative estimate of drug-likeness (QED) is 0.174. The molecular weight excluding hydrogens is 641 g/mol. The predicted molar refractivity (Wildman–Crippen MR) is 174 cm³/mol. The normalized spacial score (nSPS) is 16.0. The number of aryl methyl sites for hydroxylation is 2. The van der Waals surface area contributed by atoms with Crippen LogP contribution in [0.25, 0.3) is 32.0 Å². The maximum absolute atomic E-state index is 14.6. The van der Waals surface area contributed by atoms with Gasteiger partial charge in [0.25, 0.3) is 11.8 Å². The molecule has 4 aromatic heterocycles. The minimum Gasteiger partial charge on any atom is -0.388 e. The summed E-state index contributed by atoms with van der Waals surface area (Å²) in [6.07, 6.45) is 4.19. The molecule has 1 saturated heterocycles. The molecule has 0 spiro atoms.